The number of Topliss-reactive ketones (excluding diaryl/α,β-unsaturated/α-hetero) is 1. The van der Waals surface area contributed by atoms with E-state index >= 15 is 0 Å². The number of aliphatic hydroxyl groups is 1. The van der Waals surface area contributed by atoms with Gasteiger partial charge >= 0.3 is 5.97 Å². The molecule has 4 heteroatoms. The standard InChI is InChI=1S/C10H20O2.C7H14O2/c1-4-9(11)5-6-10(12)7-8(2)3;1-4-5-9-7(8)6(2)3/h8-9,11H,4-7H2,1-3H3;6H,4-5H2,1-3H3. The van der Waals surface area contributed by atoms with Crippen molar-refractivity contribution < 1.29 is 19.4 Å². The summed E-state index contributed by atoms with van der Waals surface area (Å²) < 4.78 is 4.81. The van der Waals surface area contributed by atoms with Gasteiger partial charge in [-0.3, -0.25) is 9.59 Å². The molecule has 0 fully saturated rings. The molecule has 0 aromatic rings. The quantitative estimate of drug-likeness (QED) is 0.659. The minimum absolute atomic E-state index is 0.0107. The van der Waals surface area contributed by atoms with Crippen molar-refractivity contribution in [2.45, 2.75) is 79.8 Å². The van der Waals surface area contributed by atoms with Crippen molar-refractivity contribution >= 4 is 11.8 Å². The first-order valence-corrected chi connectivity index (χ1v) is 8.10. The summed E-state index contributed by atoms with van der Waals surface area (Å²) in [5.41, 5.74) is 0. The molecule has 0 aromatic carbocycles. The fourth-order valence-electron chi connectivity index (χ4n) is 1.46. The van der Waals surface area contributed by atoms with Gasteiger partial charge < -0.3 is 9.84 Å². The number of carbonyl (C=O) groups is 2. The molecule has 0 saturated heterocycles. The largest absolute Gasteiger partial charge is 0.465 e. The predicted octanol–water partition coefficient (Wildman–Crippen LogP) is 3.75. The summed E-state index contributed by atoms with van der Waals surface area (Å²) in [5.74, 6) is 0.627. The summed E-state index contributed by atoms with van der Waals surface area (Å²) in [6.07, 6.45) is 3.17. The van der Waals surface area contributed by atoms with Gasteiger partial charge in [0.25, 0.3) is 0 Å². The van der Waals surface area contributed by atoms with Crippen molar-refractivity contribution in [3.63, 3.8) is 0 Å². The van der Waals surface area contributed by atoms with E-state index in [1.165, 1.54) is 0 Å². The third-order valence-corrected chi connectivity index (χ3v) is 2.78. The molecule has 0 aliphatic heterocycles. The number of aliphatic hydroxyl groups excluding tert-OH is 1. The van der Waals surface area contributed by atoms with Gasteiger partial charge in [-0.15, -0.1) is 0 Å². The van der Waals surface area contributed by atoms with Crippen LogP contribution in [0.5, 0.6) is 0 Å². The van der Waals surface area contributed by atoms with E-state index in [1.54, 1.807) is 0 Å². The summed E-state index contributed by atoms with van der Waals surface area (Å²) in [4.78, 5) is 21.8. The van der Waals surface area contributed by atoms with Crippen LogP contribution >= 0.6 is 0 Å². The highest BCUT2D eigenvalue weighted by Gasteiger charge is 2.08. The van der Waals surface area contributed by atoms with Gasteiger partial charge in [-0.25, -0.2) is 0 Å². The van der Waals surface area contributed by atoms with Crippen LogP contribution in [0.1, 0.15) is 73.6 Å². The maximum Gasteiger partial charge on any atom is 0.308 e. The summed E-state index contributed by atoms with van der Waals surface area (Å²) in [7, 11) is 0. The Morgan fingerprint density at radius 2 is 1.67 bits per heavy atom. The molecule has 0 heterocycles. The van der Waals surface area contributed by atoms with Crippen LogP contribution in [0.3, 0.4) is 0 Å². The Hall–Kier alpha value is -0.900. The van der Waals surface area contributed by atoms with Crippen molar-refractivity contribution in [3.05, 3.63) is 0 Å². The van der Waals surface area contributed by atoms with Gasteiger partial charge in [0, 0.05) is 12.8 Å². The minimum Gasteiger partial charge on any atom is -0.465 e. The first kappa shape index (κ1) is 22.4. The number of ether oxygens (including phenoxy) is 1. The lowest BCUT2D eigenvalue weighted by atomic mass is 10.0. The smallest absolute Gasteiger partial charge is 0.308 e. The third-order valence-electron chi connectivity index (χ3n) is 2.78. The molecule has 21 heavy (non-hydrogen) atoms. The van der Waals surface area contributed by atoms with E-state index in [0.717, 1.165) is 12.8 Å². The monoisotopic (exact) mass is 302 g/mol. The number of carbonyl (C=O) groups excluding carboxylic acids is 2. The highest BCUT2D eigenvalue weighted by molar-refractivity contribution is 5.78. The molecule has 0 bridgehead atoms. The molecule has 0 radical (unpaired) electrons. The molecule has 0 rings (SSSR count). The highest BCUT2D eigenvalue weighted by Crippen LogP contribution is 2.07. The van der Waals surface area contributed by atoms with E-state index in [0.29, 0.717) is 31.8 Å². The first-order chi connectivity index (χ1) is 9.74. The Balaban J connectivity index is 0. The molecule has 126 valence electrons. The average molecular weight is 302 g/mol. The molecule has 1 unspecified atom stereocenters. The van der Waals surface area contributed by atoms with Crippen LogP contribution in [0.15, 0.2) is 0 Å². The van der Waals surface area contributed by atoms with Gasteiger partial charge in [0.2, 0.25) is 0 Å². The molecule has 0 aliphatic rings. The van der Waals surface area contributed by atoms with Gasteiger partial charge in [-0.05, 0) is 25.2 Å². The van der Waals surface area contributed by atoms with Crippen LogP contribution in [0.25, 0.3) is 0 Å². The van der Waals surface area contributed by atoms with Crippen molar-refractivity contribution in [1.82, 2.24) is 0 Å². The van der Waals surface area contributed by atoms with Crippen molar-refractivity contribution in [2.24, 2.45) is 11.8 Å². The molecular formula is C17H34O4. The molecule has 4 nitrogen and oxygen atoms in total. The van der Waals surface area contributed by atoms with E-state index < -0.39 is 0 Å². The fourth-order valence-corrected chi connectivity index (χ4v) is 1.46. The van der Waals surface area contributed by atoms with Crippen molar-refractivity contribution in [1.29, 1.82) is 0 Å². The molecule has 0 aromatic heterocycles. The Morgan fingerprint density at radius 1 is 1.10 bits per heavy atom. The van der Waals surface area contributed by atoms with E-state index in [9.17, 15) is 14.7 Å². The Morgan fingerprint density at radius 3 is 2.05 bits per heavy atom. The SMILES string of the molecule is CCC(O)CCC(=O)CC(C)C.CCCOC(=O)C(C)C. The zero-order chi connectivity index (χ0) is 16.8. The first-order valence-electron chi connectivity index (χ1n) is 8.10. The van der Waals surface area contributed by atoms with Crippen LogP contribution in [0, 0.1) is 11.8 Å². The molecule has 0 spiro atoms. The second-order valence-electron chi connectivity index (χ2n) is 6.06. The van der Waals surface area contributed by atoms with E-state index in [4.69, 9.17) is 4.74 Å². The second-order valence-corrected chi connectivity index (χ2v) is 6.06. The van der Waals surface area contributed by atoms with Crippen LogP contribution in [-0.4, -0.2) is 29.6 Å². The number of hydrogen-bond acceptors (Lipinski definition) is 4. The molecule has 0 saturated carbocycles. The third kappa shape index (κ3) is 17.0. The number of ketones is 1. The van der Waals surface area contributed by atoms with Crippen LogP contribution in [0.2, 0.25) is 0 Å². The Bertz CT molecular complexity index is 272. The lowest BCUT2D eigenvalue weighted by Gasteiger charge is -2.07. The minimum atomic E-state index is -0.291. The average Bonchev–Trinajstić information content (AvgIpc) is 2.41. The summed E-state index contributed by atoms with van der Waals surface area (Å²) in [5, 5.41) is 9.19. The highest BCUT2D eigenvalue weighted by atomic mass is 16.5. The van der Waals surface area contributed by atoms with Crippen molar-refractivity contribution in [2.75, 3.05) is 6.61 Å². The maximum absolute atomic E-state index is 11.2. The summed E-state index contributed by atoms with van der Waals surface area (Å²) in [6.45, 7) is 12.2. The van der Waals surface area contributed by atoms with E-state index in [1.807, 2.05) is 41.5 Å². The second kappa shape index (κ2) is 14.1. The molecule has 1 N–H and O–H groups in total. The maximum atomic E-state index is 11.2. The van der Waals surface area contributed by atoms with E-state index in [2.05, 4.69) is 0 Å². The van der Waals surface area contributed by atoms with Crippen LogP contribution < -0.4 is 0 Å². The van der Waals surface area contributed by atoms with Gasteiger partial charge in [0.15, 0.2) is 0 Å². The zero-order valence-corrected chi connectivity index (χ0v) is 14.6. The van der Waals surface area contributed by atoms with Crippen molar-refractivity contribution in [3.8, 4) is 0 Å². The number of hydrogen-bond donors (Lipinski definition) is 1. The Kier molecular flexibility index (Phi) is 15.0. The van der Waals surface area contributed by atoms with Gasteiger partial charge in [-0.2, -0.15) is 0 Å². The number of rotatable bonds is 9. The topological polar surface area (TPSA) is 63.6 Å². The molecule has 0 aliphatic carbocycles. The van der Waals surface area contributed by atoms with Crippen LogP contribution in [-0.2, 0) is 14.3 Å². The summed E-state index contributed by atoms with van der Waals surface area (Å²) in [6, 6.07) is 0. The van der Waals surface area contributed by atoms with Crippen LogP contribution in [0.4, 0.5) is 0 Å². The lowest BCUT2D eigenvalue weighted by Crippen LogP contribution is -2.11. The normalized spacial score (nSPS) is 11.9. The summed E-state index contributed by atoms with van der Waals surface area (Å²) >= 11 is 0. The zero-order valence-electron chi connectivity index (χ0n) is 14.6. The van der Waals surface area contributed by atoms with Gasteiger partial charge in [0.05, 0.1) is 18.6 Å². The lowest BCUT2D eigenvalue weighted by molar-refractivity contribution is -0.147. The van der Waals surface area contributed by atoms with Gasteiger partial charge in [-0.1, -0.05) is 41.5 Å². The van der Waals surface area contributed by atoms with Gasteiger partial charge in [0.1, 0.15) is 5.78 Å². The fraction of sp³-hybridized carbons (Fsp3) is 0.882. The predicted molar refractivity (Wildman–Crippen MR) is 86.1 cm³/mol. The number of esters is 1. The van der Waals surface area contributed by atoms with E-state index in [-0.39, 0.29) is 23.8 Å². The molecule has 1 atom stereocenters. The molecule has 0 amide bonds. The Labute approximate surface area is 130 Å². The molecular weight excluding hydrogens is 268 g/mol.